The highest BCUT2D eigenvalue weighted by atomic mass is 16.5. The Morgan fingerprint density at radius 2 is 2.22 bits per heavy atom. The van der Waals surface area contributed by atoms with Gasteiger partial charge < -0.3 is 20.5 Å². The lowest BCUT2D eigenvalue weighted by molar-refractivity contribution is -0.148. The average Bonchev–Trinajstić information content (AvgIpc) is 2.26. The second kappa shape index (κ2) is 6.15. The van der Waals surface area contributed by atoms with Crippen molar-refractivity contribution in [2.24, 2.45) is 5.73 Å². The van der Waals surface area contributed by atoms with Crippen LogP contribution in [0.4, 0.5) is 0 Å². The fourth-order valence-corrected chi connectivity index (χ4v) is 1.99. The van der Waals surface area contributed by atoms with Crippen LogP contribution in [0.25, 0.3) is 0 Å². The number of ether oxygens (including phenoxy) is 2. The number of rotatable bonds is 4. The Bertz CT molecular complexity index is 317. The zero-order valence-corrected chi connectivity index (χ0v) is 11.2. The summed E-state index contributed by atoms with van der Waals surface area (Å²) in [4.78, 5) is 23.1. The first-order chi connectivity index (χ1) is 8.35. The second-order valence-corrected chi connectivity index (χ2v) is 5.04. The van der Waals surface area contributed by atoms with E-state index in [9.17, 15) is 9.59 Å². The Morgan fingerprint density at radius 1 is 1.56 bits per heavy atom. The molecule has 2 atom stereocenters. The van der Waals surface area contributed by atoms with E-state index in [1.807, 2.05) is 13.8 Å². The van der Waals surface area contributed by atoms with Gasteiger partial charge in [0.1, 0.15) is 0 Å². The third kappa shape index (κ3) is 4.27. The van der Waals surface area contributed by atoms with E-state index in [2.05, 4.69) is 5.32 Å². The summed E-state index contributed by atoms with van der Waals surface area (Å²) in [5, 5.41) is 2.77. The standard InChI is InChI=1S/C12H22N2O4/c1-4-17-11(16)9(13)10(15)14-8-5-6-18-12(2,3)7-8/h8-9H,4-7,13H2,1-3H3,(H,14,15). The SMILES string of the molecule is CCOC(=O)C(N)C(=O)NC1CCOC(C)(C)C1. The van der Waals surface area contributed by atoms with Crippen LogP contribution in [0.15, 0.2) is 0 Å². The molecule has 1 amide bonds. The molecule has 0 aromatic carbocycles. The molecule has 0 bridgehead atoms. The highest BCUT2D eigenvalue weighted by molar-refractivity contribution is 6.01. The number of esters is 1. The van der Waals surface area contributed by atoms with Crippen LogP contribution in [0, 0.1) is 0 Å². The van der Waals surface area contributed by atoms with Gasteiger partial charge in [0.05, 0.1) is 12.2 Å². The van der Waals surface area contributed by atoms with E-state index in [0.717, 1.165) is 6.42 Å². The minimum atomic E-state index is -1.25. The average molecular weight is 258 g/mol. The molecule has 0 aromatic heterocycles. The number of amides is 1. The van der Waals surface area contributed by atoms with Gasteiger partial charge >= 0.3 is 5.97 Å². The zero-order valence-electron chi connectivity index (χ0n) is 11.2. The van der Waals surface area contributed by atoms with Gasteiger partial charge in [0.2, 0.25) is 5.91 Å². The van der Waals surface area contributed by atoms with Gasteiger partial charge in [0.25, 0.3) is 0 Å². The molecule has 0 saturated carbocycles. The molecular weight excluding hydrogens is 236 g/mol. The predicted octanol–water partition coefficient (Wildman–Crippen LogP) is -0.0494. The van der Waals surface area contributed by atoms with Crippen LogP contribution in [-0.4, -0.2) is 42.8 Å². The normalized spacial score (nSPS) is 24.1. The lowest BCUT2D eigenvalue weighted by atomic mass is 9.94. The monoisotopic (exact) mass is 258 g/mol. The molecule has 3 N–H and O–H groups in total. The van der Waals surface area contributed by atoms with Crippen molar-refractivity contribution < 1.29 is 19.1 Å². The quantitative estimate of drug-likeness (QED) is 0.545. The maximum Gasteiger partial charge on any atom is 0.332 e. The van der Waals surface area contributed by atoms with Gasteiger partial charge in [-0.1, -0.05) is 0 Å². The maximum atomic E-state index is 11.8. The molecule has 2 unspecified atom stereocenters. The molecule has 104 valence electrons. The van der Waals surface area contributed by atoms with Gasteiger partial charge in [-0.05, 0) is 33.6 Å². The summed E-state index contributed by atoms with van der Waals surface area (Å²) in [5.74, 6) is -1.18. The first-order valence-electron chi connectivity index (χ1n) is 6.22. The van der Waals surface area contributed by atoms with E-state index >= 15 is 0 Å². The van der Waals surface area contributed by atoms with Crippen LogP contribution in [-0.2, 0) is 19.1 Å². The number of hydrogen-bond donors (Lipinski definition) is 2. The summed E-state index contributed by atoms with van der Waals surface area (Å²) >= 11 is 0. The van der Waals surface area contributed by atoms with Crippen molar-refractivity contribution in [3.05, 3.63) is 0 Å². The first kappa shape index (κ1) is 14.9. The van der Waals surface area contributed by atoms with Crippen LogP contribution >= 0.6 is 0 Å². The number of nitrogens with two attached hydrogens (primary N) is 1. The highest BCUT2D eigenvalue weighted by Crippen LogP contribution is 2.23. The Kier molecular flexibility index (Phi) is 5.10. The Labute approximate surface area is 107 Å². The minimum Gasteiger partial charge on any atom is -0.464 e. The molecule has 1 fully saturated rings. The molecule has 0 aromatic rings. The van der Waals surface area contributed by atoms with E-state index in [1.165, 1.54) is 0 Å². The summed E-state index contributed by atoms with van der Waals surface area (Å²) in [6.07, 6.45) is 1.43. The number of carbonyl (C=O) groups is 2. The Morgan fingerprint density at radius 3 is 2.78 bits per heavy atom. The van der Waals surface area contributed by atoms with E-state index in [4.69, 9.17) is 15.2 Å². The summed E-state index contributed by atoms with van der Waals surface area (Å²) in [6, 6.07) is -1.27. The summed E-state index contributed by atoms with van der Waals surface area (Å²) in [7, 11) is 0. The van der Waals surface area contributed by atoms with Crippen molar-refractivity contribution >= 4 is 11.9 Å². The zero-order chi connectivity index (χ0) is 13.8. The smallest absolute Gasteiger partial charge is 0.332 e. The fourth-order valence-electron chi connectivity index (χ4n) is 1.99. The van der Waals surface area contributed by atoms with Gasteiger partial charge in [-0.15, -0.1) is 0 Å². The summed E-state index contributed by atoms with van der Waals surface area (Å²) in [5.41, 5.74) is 5.25. The third-order valence-corrected chi connectivity index (χ3v) is 2.87. The second-order valence-electron chi connectivity index (χ2n) is 5.04. The van der Waals surface area contributed by atoms with Crippen molar-refractivity contribution in [3.63, 3.8) is 0 Å². The van der Waals surface area contributed by atoms with Crippen LogP contribution in [0.3, 0.4) is 0 Å². The van der Waals surface area contributed by atoms with Crippen molar-refractivity contribution in [1.29, 1.82) is 0 Å². The lowest BCUT2D eigenvalue weighted by Crippen LogP contribution is -2.53. The van der Waals surface area contributed by atoms with Crippen molar-refractivity contribution in [2.75, 3.05) is 13.2 Å². The number of carbonyl (C=O) groups excluding carboxylic acids is 2. The van der Waals surface area contributed by atoms with Gasteiger partial charge in [0, 0.05) is 12.6 Å². The van der Waals surface area contributed by atoms with Crippen LogP contribution in [0.2, 0.25) is 0 Å². The first-order valence-corrected chi connectivity index (χ1v) is 6.22. The fraction of sp³-hybridized carbons (Fsp3) is 0.833. The van der Waals surface area contributed by atoms with Gasteiger partial charge in [0.15, 0.2) is 6.04 Å². The molecule has 1 aliphatic rings. The molecule has 0 aliphatic carbocycles. The van der Waals surface area contributed by atoms with E-state index in [1.54, 1.807) is 6.92 Å². The molecule has 1 heterocycles. The van der Waals surface area contributed by atoms with E-state index in [-0.39, 0.29) is 18.2 Å². The molecule has 0 radical (unpaired) electrons. The highest BCUT2D eigenvalue weighted by Gasteiger charge is 2.32. The van der Waals surface area contributed by atoms with Crippen LogP contribution in [0.5, 0.6) is 0 Å². The molecule has 1 rings (SSSR count). The minimum absolute atomic E-state index is 0.0123. The molecule has 18 heavy (non-hydrogen) atoms. The lowest BCUT2D eigenvalue weighted by Gasteiger charge is -2.36. The summed E-state index contributed by atoms with van der Waals surface area (Å²) < 4.78 is 10.3. The maximum absolute atomic E-state index is 11.8. The van der Waals surface area contributed by atoms with Crippen LogP contribution < -0.4 is 11.1 Å². The van der Waals surface area contributed by atoms with Crippen molar-refractivity contribution in [1.82, 2.24) is 5.32 Å². The molecule has 6 heteroatoms. The van der Waals surface area contributed by atoms with Gasteiger partial charge in [-0.25, -0.2) is 4.79 Å². The number of nitrogens with one attached hydrogen (secondary N) is 1. The van der Waals surface area contributed by atoms with E-state index in [0.29, 0.717) is 13.0 Å². The van der Waals surface area contributed by atoms with Crippen LogP contribution in [0.1, 0.15) is 33.6 Å². The third-order valence-electron chi connectivity index (χ3n) is 2.87. The van der Waals surface area contributed by atoms with Crippen molar-refractivity contribution in [3.8, 4) is 0 Å². The van der Waals surface area contributed by atoms with Crippen molar-refractivity contribution in [2.45, 2.75) is 51.3 Å². The van der Waals surface area contributed by atoms with Gasteiger partial charge in [-0.3, -0.25) is 4.79 Å². The molecular formula is C12H22N2O4. The molecule has 1 saturated heterocycles. The predicted molar refractivity (Wildman–Crippen MR) is 65.8 cm³/mol. The largest absolute Gasteiger partial charge is 0.464 e. The Hall–Kier alpha value is -1.14. The summed E-state index contributed by atoms with van der Waals surface area (Å²) in [6.45, 7) is 6.41. The Balaban J connectivity index is 2.46. The van der Waals surface area contributed by atoms with Gasteiger partial charge in [-0.2, -0.15) is 0 Å². The molecule has 0 spiro atoms. The van der Waals surface area contributed by atoms with E-state index < -0.39 is 17.9 Å². The topological polar surface area (TPSA) is 90.7 Å². The molecule has 1 aliphatic heterocycles. The number of hydrogen-bond acceptors (Lipinski definition) is 5. The molecule has 6 nitrogen and oxygen atoms in total.